The number of anilines is 1. The molecule has 0 aliphatic carbocycles. The van der Waals surface area contributed by atoms with Gasteiger partial charge >= 0.3 is 0 Å². The number of nitrogens with zero attached hydrogens (tertiary/aromatic N) is 1. The van der Waals surface area contributed by atoms with Crippen molar-refractivity contribution in [2.24, 2.45) is 0 Å². The van der Waals surface area contributed by atoms with Crippen molar-refractivity contribution in [2.45, 2.75) is 4.90 Å². The number of hydrogen-bond donors (Lipinski definition) is 1. The number of halogens is 4. The van der Waals surface area contributed by atoms with E-state index in [-0.39, 0.29) is 10.8 Å². The fourth-order valence-electron chi connectivity index (χ4n) is 1.37. The van der Waals surface area contributed by atoms with Crippen LogP contribution in [0, 0.1) is 11.8 Å². The predicted octanol–water partition coefficient (Wildman–Crippen LogP) is 3.47. The maximum Gasteiger partial charge on any atom is 0.264 e. The van der Waals surface area contributed by atoms with Gasteiger partial charge in [-0.15, -0.1) is 0 Å². The van der Waals surface area contributed by atoms with Crippen LogP contribution in [0.25, 0.3) is 0 Å². The Labute approximate surface area is 123 Å². The van der Waals surface area contributed by atoms with E-state index in [1.165, 1.54) is 12.1 Å². The van der Waals surface area contributed by atoms with Gasteiger partial charge in [-0.3, -0.25) is 4.72 Å². The number of hydrogen-bond acceptors (Lipinski definition) is 3. The molecule has 0 aliphatic heterocycles. The van der Waals surface area contributed by atoms with Gasteiger partial charge in [0.15, 0.2) is 5.82 Å². The van der Waals surface area contributed by atoms with E-state index in [4.69, 9.17) is 23.2 Å². The lowest BCUT2D eigenvalue weighted by atomic mass is 10.3. The standard InChI is InChI=1S/C11H6Cl2F2N2O2S/c12-6-4-5-7(10(13)11(6)15)20(18,19)17-9-3-1-2-8(14)16-9/h1-5H,(H,16,17). The molecule has 2 aromatic rings. The summed E-state index contributed by atoms with van der Waals surface area (Å²) in [6.45, 7) is 0. The Balaban J connectivity index is 2.44. The number of rotatable bonds is 3. The molecule has 9 heteroatoms. The van der Waals surface area contributed by atoms with Crippen LogP contribution in [0.15, 0.2) is 35.2 Å². The van der Waals surface area contributed by atoms with E-state index < -0.39 is 31.7 Å². The lowest BCUT2D eigenvalue weighted by Crippen LogP contribution is -2.15. The van der Waals surface area contributed by atoms with Gasteiger partial charge in [-0.05, 0) is 24.3 Å². The van der Waals surface area contributed by atoms with Gasteiger partial charge in [0, 0.05) is 0 Å². The molecular formula is C11H6Cl2F2N2O2S. The van der Waals surface area contributed by atoms with Gasteiger partial charge in [-0.2, -0.15) is 4.39 Å². The first-order chi connectivity index (χ1) is 9.31. The fourth-order valence-corrected chi connectivity index (χ4v) is 3.12. The summed E-state index contributed by atoms with van der Waals surface area (Å²) in [7, 11) is -4.21. The average molecular weight is 339 g/mol. The summed E-state index contributed by atoms with van der Waals surface area (Å²) >= 11 is 11.1. The first-order valence-corrected chi connectivity index (χ1v) is 7.34. The van der Waals surface area contributed by atoms with Crippen LogP contribution in [0.2, 0.25) is 10.0 Å². The van der Waals surface area contributed by atoms with E-state index in [9.17, 15) is 17.2 Å². The molecule has 4 nitrogen and oxygen atoms in total. The summed E-state index contributed by atoms with van der Waals surface area (Å²) in [6.07, 6.45) is 0. The normalized spacial score (nSPS) is 11.4. The Morgan fingerprint density at radius 1 is 1.10 bits per heavy atom. The number of nitrogens with one attached hydrogen (secondary N) is 1. The predicted molar refractivity (Wildman–Crippen MR) is 71.4 cm³/mol. The zero-order valence-corrected chi connectivity index (χ0v) is 11.9. The zero-order chi connectivity index (χ0) is 14.9. The van der Waals surface area contributed by atoms with Crippen LogP contribution in [0.1, 0.15) is 0 Å². The van der Waals surface area contributed by atoms with E-state index >= 15 is 0 Å². The number of aromatic nitrogens is 1. The van der Waals surface area contributed by atoms with Gasteiger partial charge < -0.3 is 0 Å². The quantitative estimate of drug-likeness (QED) is 0.688. The van der Waals surface area contributed by atoms with E-state index in [1.54, 1.807) is 0 Å². The highest BCUT2D eigenvalue weighted by molar-refractivity contribution is 7.92. The number of sulfonamides is 1. The molecule has 1 heterocycles. The van der Waals surface area contributed by atoms with Gasteiger partial charge in [-0.25, -0.2) is 17.8 Å². The van der Waals surface area contributed by atoms with Crippen LogP contribution in [0.3, 0.4) is 0 Å². The minimum atomic E-state index is -4.21. The molecule has 0 aliphatic rings. The summed E-state index contributed by atoms with van der Waals surface area (Å²) in [5, 5.41) is -0.959. The van der Waals surface area contributed by atoms with Crippen molar-refractivity contribution in [3.05, 3.63) is 52.1 Å². The summed E-state index contributed by atoms with van der Waals surface area (Å²) in [4.78, 5) is 2.81. The molecule has 0 unspecified atom stereocenters. The zero-order valence-electron chi connectivity index (χ0n) is 9.57. The molecule has 106 valence electrons. The van der Waals surface area contributed by atoms with Crippen LogP contribution >= 0.6 is 23.2 Å². The lowest BCUT2D eigenvalue weighted by molar-refractivity contribution is 0.584. The molecule has 0 bridgehead atoms. The van der Waals surface area contributed by atoms with Gasteiger partial charge in [0.1, 0.15) is 10.7 Å². The fraction of sp³-hybridized carbons (Fsp3) is 0. The first-order valence-electron chi connectivity index (χ1n) is 5.10. The second-order valence-electron chi connectivity index (χ2n) is 3.62. The van der Waals surface area contributed by atoms with E-state index in [2.05, 4.69) is 4.98 Å². The van der Waals surface area contributed by atoms with Gasteiger partial charge in [0.2, 0.25) is 5.95 Å². The van der Waals surface area contributed by atoms with E-state index in [1.807, 2.05) is 4.72 Å². The average Bonchev–Trinajstić information content (AvgIpc) is 2.35. The molecule has 0 saturated carbocycles. The van der Waals surface area contributed by atoms with Crippen LogP contribution < -0.4 is 4.72 Å². The second kappa shape index (κ2) is 5.51. The maximum absolute atomic E-state index is 13.5. The molecule has 0 fully saturated rings. The third-order valence-corrected chi connectivity index (χ3v) is 4.41. The lowest BCUT2D eigenvalue weighted by Gasteiger charge is -2.09. The Bertz CT molecular complexity index is 769. The van der Waals surface area contributed by atoms with Crippen LogP contribution in [-0.2, 0) is 10.0 Å². The molecule has 0 radical (unpaired) electrons. The van der Waals surface area contributed by atoms with Crippen molar-refractivity contribution in [1.82, 2.24) is 4.98 Å². The molecule has 20 heavy (non-hydrogen) atoms. The minimum Gasteiger partial charge on any atom is -0.263 e. The third-order valence-electron chi connectivity index (χ3n) is 2.24. The smallest absolute Gasteiger partial charge is 0.263 e. The van der Waals surface area contributed by atoms with Gasteiger partial charge in [0.05, 0.1) is 10.0 Å². The largest absolute Gasteiger partial charge is 0.264 e. The Kier molecular flexibility index (Phi) is 4.12. The van der Waals surface area contributed by atoms with Crippen LogP contribution in [0.5, 0.6) is 0 Å². The summed E-state index contributed by atoms with van der Waals surface area (Å²) in [6, 6.07) is 5.64. The molecule has 1 N–H and O–H groups in total. The molecule has 1 aromatic heterocycles. The molecule has 1 aromatic carbocycles. The Morgan fingerprint density at radius 3 is 2.45 bits per heavy atom. The molecule has 0 amide bonds. The van der Waals surface area contributed by atoms with Crippen molar-refractivity contribution in [1.29, 1.82) is 0 Å². The summed E-state index contributed by atoms with van der Waals surface area (Å²) in [5.41, 5.74) is 0. The van der Waals surface area contributed by atoms with Crippen molar-refractivity contribution in [2.75, 3.05) is 4.72 Å². The number of pyridine rings is 1. The molecular weight excluding hydrogens is 333 g/mol. The van der Waals surface area contributed by atoms with Crippen LogP contribution in [-0.4, -0.2) is 13.4 Å². The Hall–Kier alpha value is -1.44. The molecule has 0 spiro atoms. The van der Waals surface area contributed by atoms with E-state index in [0.29, 0.717) is 0 Å². The summed E-state index contributed by atoms with van der Waals surface area (Å²) in [5.74, 6) is -2.17. The minimum absolute atomic E-state index is 0.253. The monoisotopic (exact) mass is 338 g/mol. The molecule has 0 saturated heterocycles. The van der Waals surface area contributed by atoms with Crippen molar-refractivity contribution in [3.63, 3.8) is 0 Å². The van der Waals surface area contributed by atoms with Crippen molar-refractivity contribution >= 4 is 39.0 Å². The number of benzene rings is 1. The van der Waals surface area contributed by atoms with Gasteiger partial charge in [0.25, 0.3) is 10.0 Å². The first kappa shape index (κ1) is 15.0. The van der Waals surface area contributed by atoms with Crippen LogP contribution in [0.4, 0.5) is 14.6 Å². The third kappa shape index (κ3) is 3.00. The highest BCUT2D eigenvalue weighted by Gasteiger charge is 2.22. The highest BCUT2D eigenvalue weighted by Crippen LogP contribution is 2.30. The Morgan fingerprint density at radius 2 is 1.80 bits per heavy atom. The maximum atomic E-state index is 13.5. The van der Waals surface area contributed by atoms with E-state index in [0.717, 1.165) is 18.2 Å². The van der Waals surface area contributed by atoms with Crippen molar-refractivity contribution < 1.29 is 17.2 Å². The molecule has 2 rings (SSSR count). The van der Waals surface area contributed by atoms with Gasteiger partial charge in [-0.1, -0.05) is 29.3 Å². The summed E-state index contributed by atoms with van der Waals surface area (Å²) < 4.78 is 52.4. The van der Waals surface area contributed by atoms with Crippen molar-refractivity contribution in [3.8, 4) is 0 Å². The topological polar surface area (TPSA) is 59.1 Å². The SMILES string of the molecule is O=S(=O)(Nc1cccc(F)n1)c1ccc(Cl)c(F)c1Cl. The second-order valence-corrected chi connectivity index (χ2v) is 6.06. The highest BCUT2D eigenvalue weighted by atomic mass is 35.5. The molecule has 0 atom stereocenters.